The van der Waals surface area contributed by atoms with E-state index in [9.17, 15) is 14.5 Å². The zero-order valence-electron chi connectivity index (χ0n) is 16.3. The van der Waals surface area contributed by atoms with E-state index >= 15 is 0 Å². The van der Waals surface area contributed by atoms with Gasteiger partial charge in [-0.1, -0.05) is 11.6 Å². The molecule has 0 unspecified atom stereocenters. The number of rotatable bonds is 7. The van der Waals surface area contributed by atoms with Gasteiger partial charge in [-0.2, -0.15) is 0 Å². The smallest absolute Gasteiger partial charge is 0.312 e. The molecule has 3 heterocycles. The van der Waals surface area contributed by atoms with Crippen LogP contribution in [0, 0.1) is 22.9 Å². The Morgan fingerprint density at radius 1 is 1.23 bits per heavy atom. The second-order valence-corrected chi connectivity index (χ2v) is 6.82. The first-order valence-electron chi connectivity index (χ1n) is 8.79. The lowest BCUT2D eigenvalue weighted by Gasteiger charge is -2.17. The largest absolute Gasteiger partial charge is 0.480 e. The zero-order chi connectivity index (χ0) is 21.8. The van der Waals surface area contributed by atoms with Crippen LogP contribution in [0.3, 0.4) is 0 Å². The number of nitrogens with zero attached hydrogens (tertiary/aromatic N) is 4. The summed E-state index contributed by atoms with van der Waals surface area (Å²) in [5.41, 5.74) is 1.24. The molecule has 0 radical (unpaired) electrons. The van der Waals surface area contributed by atoms with Gasteiger partial charge in [0.1, 0.15) is 17.3 Å². The predicted octanol–water partition coefficient (Wildman–Crippen LogP) is 4.81. The van der Waals surface area contributed by atoms with Crippen LogP contribution in [0.25, 0.3) is 0 Å². The van der Waals surface area contributed by atoms with Crippen molar-refractivity contribution in [2.24, 2.45) is 0 Å². The number of halogens is 2. The Morgan fingerprint density at radius 2 is 2.00 bits per heavy atom. The Hall–Kier alpha value is -3.53. The molecule has 0 saturated carbocycles. The Kier molecular flexibility index (Phi) is 6.26. The molecular formula is C19H18ClFN6O3. The van der Waals surface area contributed by atoms with E-state index < -0.39 is 10.7 Å². The monoisotopic (exact) mass is 432 g/mol. The Balaban J connectivity index is 1.97. The van der Waals surface area contributed by atoms with Crippen LogP contribution in [0.1, 0.15) is 24.2 Å². The van der Waals surface area contributed by atoms with E-state index in [-0.39, 0.29) is 23.4 Å². The summed E-state index contributed by atoms with van der Waals surface area (Å²) in [4.78, 5) is 23.5. The molecule has 0 amide bonds. The molecule has 30 heavy (non-hydrogen) atoms. The van der Waals surface area contributed by atoms with Crippen molar-refractivity contribution in [3.63, 3.8) is 0 Å². The highest BCUT2D eigenvalue weighted by Gasteiger charge is 2.21. The van der Waals surface area contributed by atoms with E-state index in [1.54, 1.807) is 13.0 Å². The number of aryl methyl sites for hydroxylation is 1. The minimum atomic E-state index is -0.540. The molecule has 0 aliphatic heterocycles. The van der Waals surface area contributed by atoms with Gasteiger partial charge in [-0.15, -0.1) is 0 Å². The van der Waals surface area contributed by atoms with Crippen molar-refractivity contribution >= 4 is 34.6 Å². The molecule has 3 rings (SSSR count). The van der Waals surface area contributed by atoms with Crippen molar-refractivity contribution in [1.29, 1.82) is 0 Å². The molecule has 0 aliphatic rings. The summed E-state index contributed by atoms with van der Waals surface area (Å²) < 4.78 is 18.3. The summed E-state index contributed by atoms with van der Waals surface area (Å²) in [6, 6.07) is 5.45. The quantitative estimate of drug-likeness (QED) is 0.404. The summed E-state index contributed by atoms with van der Waals surface area (Å²) in [5.74, 6) is 0.144. The highest BCUT2D eigenvalue weighted by Crippen LogP contribution is 2.34. The van der Waals surface area contributed by atoms with Gasteiger partial charge in [0.05, 0.1) is 35.0 Å². The highest BCUT2D eigenvalue weighted by molar-refractivity contribution is 6.30. The maximum absolute atomic E-state index is 13.1. The summed E-state index contributed by atoms with van der Waals surface area (Å²) in [7, 11) is 1.42. The Morgan fingerprint density at radius 3 is 2.63 bits per heavy atom. The molecular weight excluding hydrogens is 415 g/mol. The second kappa shape index (κ2) is 8.87. The molecule has 2 N–H and O–H groups in total. The van der Waals surface area contributed by atoms with E-state index in [2.05, 4.69) is 25.6 Å². The number of hydrogen-bond acceptors (Lipinski definition) is 8. The van der Waals surface area contributed by atoms with Crippen LogP contribution in [-0.4, -0.2) is 27.0 Å². The molecule has 9 nitrogen and oxygen atoms in total. The molecule has 3 aromatic heterocycles. The number of methoxy groups -OCH3 is 1. The summed E-state index contributed by atoms with van der Waals surface area (Å²) >= 11 is 5.99. The number of nitrogens with one attached hydrogen (secondary N) is 2. The maximum Gasteiger partial charge on any atom is 0.312 e. The second-order valence-electron chi connectivity index (χ2n) is 6.38. The van der Waals surface area contributed by atoms with Crippen LogP contribution in [0.2, 0.25) is 5.02 Å². The van der Waals surface area contributed by atoms with Gasteiger partial charge in [0, 0.05) is 12.3 Å². The molecule has 0 fully saturated rings. The average Bonchev–Trinajstić information content (AvgIpc) is 2.70. The van der Waals surface area contributed by atoms with Crippen LogP contribution in [0.15, 0.2) is 36.7 Å². The van der Waals surface area contributed by atoms with E-state index in [1.165, 1.54) is 31.5 Å². The minimum Gasteiger partial charge on any atom is -0.480 e. The topological polar surface area (TPSA) is 115 Å². The van der Waals surface area contributed by atoms with Gasteiger partial charge in [-0.25, -0.2) is 14.4 Å². The molecule has 156 valence electrons. The molecule has 0 aromatic carbocycles. The first-order chi connectivity index (χ1) is 14.3. The minimum absolute atomic E-state index is 0.0188. The summed E-state index contributed by atoms with van der Waals surface area (Å²) in [5, 5.41) is 17.9. The van der Waals surface area contributed by atoms with Crippen molar-refractivity contribution in [3.05, 3.63) is 68.9 Å². The third-order valence-corrected chi connectivity index (χ3v) is 4.41. The van der Waals surface area contributed by atoms with Crippen molar-refractivity contribution in [2.45, 2.75) is 19.9 Å². The summed E-state index contributed by atoms with van der Waals surface area (Å²) in [6.07, 6.45) is 2.52. The van der Waals surface area contributed by atoms with Gasteiger partial charge >= 0.3 is 5.69 Å². The first-order valence-corrected chi connectivity index (χ1v) is 9.17. The van der Waals surface area contributed by atoms with Crippen LogP contribution in [0.5, 0.6) is 5.88 Å². The SMILES string of the molecule is COc1ncc(Cl)cc1Nc1nc(N[C@@H](C)c2ccc(F)cn2)c(C)cc1[N+](=O)[O-]. The van der Waals surface area contributed by atoms with Gasteiger partial charge in [0.15, 0.2) is 0 Å². The van der Waals surface area contributed by atoms with E-state index in [0.29, 0.717) is 27.8 Å². The fourth-order valence-electron chi connectivity index (χ4n) is 2.71. The van der Waals surface area contributed by atoms with E-state index in [0.717, 1.165) is 6.20 Å². The molecule has 0 aliphatic carbocycles. The normalized spacial score (nSPS) is 11.6. The third-order valence-electron chi connectivity index (χ3n) is 4.20. The van der Waals surface area contributed by atoms with Crippen molar-refractivity contribution < 1.29 is 14.1 Å². The zero-order valence-corrected chi connectivity index (χ0v) is 17.1. The van der Waals surface area contributed by atoms with E-state index in [1.807, 2.05) is 6.92 Å². The van der Waals surface area contributed by atoms with Crippen LogP contribution in [-0.2, 0) is 0 Å². The van der Waals surface area contributed by atoms with Gasteiger partial charge in [-0.05, 0) is 37.6 Å². The fraction of sp³-hybridized carbons (Fsp3) is 0.211. The third kappa shape index (κ3) is 4.71. The van der Waals surface area contributed by atoms with Crippen molar-refractivity contribution in [1.82, 2.24) is 15.0 Å². The molecule has 0 spiro atoms. The fourth-order valence-corrected chi connectivity index (χ4v) is 2.86. The lowest BCUT2D eigenvalue weighted by Crippen LogP contribution is -2.12. The van der Waals surface area contributed by atoms with Crippen LogP contribution < -0.4 is 15.4 Å². The highest BCUT2D eigenvalue weighted by atomic mass is 35.5. The lowest BCUT2D eigenvalue weighted by atomic mass is 10.2. The van der Waals surface area contributed by atoms with E-state index in [4.69, 9.17) is 16.3 Å². The first kappa shape index (κ1) is 21.2. The van der Waals surface area contributed by atoms with Gasteiger partial charge < -0.3 is 15.4 Å². The summed E-state index contributed by atoms with van der Waals surface area (Å²) in [6.45, 7) is 3.51. The number of hydrogen-bond donors (Lipinski definition) is 2. The number of pyridine rings is 3. The van der Waals surface area contributed by atoms with Crippen LogP contribution >= 0.6 is 11.6 Å². The average molecular weight is 433 g/mol. The Labute approximate surface area is 176 Å². The number of nitro groups is 1. The molecule has 11 heteroatoms. The number of anilines is 3. The lowest BCUT2D eigenvalue weighted by molar-refractivity contribution is -0.384. The van der Waals surface area contributed by atoms with Crippen molar-refractivity contribution in [3.8, 4) is 5.88 Å². The Bertz CT molecular complexity index is 1080. The standard InChI is InChI=1S/C19H18ClFN6O3/c1-10-6-16(27(28)29)18(25-15-7-12(20)8-23-19(15)30-3)26-17(10)24-11(2)14-5-4-13(21)9-22-14/h4-9,11H,1-3H3,(H2,24,25,26)/t11-/m0/s1. The molecule has 1 atom stereocenters. The molecule has 0 bridgehead atoms. The van der Waals surface area contributed by atoms with Crippen LogP contribution in [0.4, 0.5) is 27.4 Å². The molecule has 3 aromatic rings. The number of aromatic nitrogens is 3. The van der Waals surface area contributed by atoms with Crippen molar-refractivity contribution in [2.75, 3.05) is 17.7 Å². The maximum atomic E-state index is 13.1. The molecule has 0 saturated heterocycles. The number of ether oxygens (including phenoxy) is 1. The van der Waals surface area contributed by atoms with Gasteiger partial charge in [0.25, 0.3) is 0 Å². The van der Waals surface area contributed by atoms with Gasteiger partial charge in [0.2, 0.25) is 11.7 Å². The predicted molar refractivity (Wildman–Crippen MR) is 111 cm³/mol. The van der Waals surface area contributed by atoms with Gasteiger partial charge in [-0.3, -0.25) is 15.1 Å².